The van der Waals surface area contributed by atoms with Crippen LogP contribution < -0.4 is 4.90 Å². The fourth-order valence-corrected chi connectivity index (χ4v) is 1.51. The molecule has 0 amide bonds. The van der Waals surface area contributed by atoms with Crippen LogP contribution in [0, 0.1) is 5.82 Å². The summed E-state index contributed by atoms with van der Waals surface area (Å²) in [6, 6.07) is 0. The second kappa shape index (κ2) is 6.12. The molecule has 0 saturated carbocycles. The quantitative estimate of drug-likeness (QED) is 0.817. The molecule has 1 aromatic heterocycles. The molecule has 1 rings (SSSR count). The van der Waals surface area contributed by atoms with E-state index in [0.29, 0.717) is 18.7 Å². The number of halogens is 1. The molecule has 0 unspecified atom stereocenters. The van der Waals surface area contributed by atoms with E-state index in [0.717, 1.165) is 0 Å². The lowest BCUT2D eigenvalue weighted by atomic mass is 10.3. The van der Waals surface area contributed by atoms with Crippen molar-refractivity contribution in [2.45, 2.75) is 26.7 Å². The summed E-state index contributed by atoms with van der Waals surface area (Å²) >= 11 is 0. The summed E-state index contributed by atoms with van der Waals surface area (Å²) in [7, 11) is 0. The number of aromatic nitrogens is 2. The summed E-state index contributed by atoms with van der Waals surface area (Å²) in [5, 5.41) is 8.62. The maximum absolute atomic E-state index is 13.9. The van der Waals surface area contributed by atoms with Crippen molar-refractivity contribution >= 4 is 11.8 Å². The van der Waals surface area contributed by atoms with Crippen molar-refractivity contribution in [3.8, 4) is 0 Å². The minimum Gasteiger partial charge on any atom is -0.481 e. The van der Waals surface area contributed by atoms with E-state index in [1.807, 2.05) is 13.8 Å². The molecule has 0 atom stereocenters. The Morgan fingerprint density at radius 1 is 1.47 bits per heavy atom. The van der Waals surface area contributed by atoms with Gasteiger partial charge in [0.15, 0.2) is 11.6 Å². The highest BCUT2D eigenvalue weighted by atomic mass is 19.1. The van der Waals surface area contributed by atoms with Crippen LogP contribution in [0.5, 0.6) is 0 Å². The van der Waals surface area contributed by atoms with Gasteiger partial charge in [-0.15, -0.1) is 0 Å². The molecule has 0 radical (unpaired) electrons. The van der Waals surface area contributed by atoms with Gasteiger partial charge in [-0.05, 0) is 13.3 Å². The summed E-state index contributed by atoms with van der Waals surface area (Å²) < 4.78 is 13.9. The van der Waals surface area contributed by atoms with Crippen molar-refractivity contribution < 1.29 is 14.3 Å². The van der Waals surface area contributed by atoms with Gasteiger partial charge in [0.1, 0.15) is 6.33 Å². The molecular formula is C11H16FN3O2. The minimum atomic E-state index is -0.909. The van der Waals surface area contributed by atoms with Crippen molar-refractivity contribution in [1.29, 1.82) is 0 Å². The maximum atomic E-state index is 13.9. The Balaban J connectivity index is 2.91. The van der Waals surface area contributed by atoms with Gasteiger partial charge in [-0.2, -0.15) is 0 Å². The predicted molar refractivity (Wildman–Crippen MR) is 61.5 cm³/mol. The number of carboxylic acid groups (broad SMARTS) is 1. The Kier molecular flexibility index (Phi) is 4.81. The standard InChI is InChI=1S/C11H16FN3O2/c1-3-8-10(12)11(14-7-13-8)15(4-2)6-5-9(16)17/h7H,3-6H2,1-2H3,(H,16,17). The predicted octanol–water partition coefficient (Wildman–Crippen LogP) is 1.48. The van der Waals surface area contributed by atoms with Crippen molar-refractivity contribution in [3.63, 3.8) is 0 Å². The zero-order valence-corrected chi connectivity index (χ0v) is 9.98. The molecule has 17 heavy (non-hydrogen) atoms. The normalized spacial score (nSPS) is 10.3. The number of anilines is 1. The van der Waals surface area contributed by atoms with Crippen molar-refractivity contribution in [2.24, 2.45) is 0 Å². The van der Waals surface area contributed by atoms with Crippen LogP contribution in [0.15, 0.2) is 6.33 Å². The summed E-state index contributed by atoms with van der Waals surface area (Å²) in [4.78, 5) is 19.8. The average molecular weight is 241 g/mol. The number of nitrogens with zero attached hydrogens (tertiary/aromatic N) is 3. The lowest BCUT2D eigenvalue weighted by Crippen LogP contribution is -2.28. The lowest BCUT2D eigenvalue weighted by molar-refractivity contribution is -0.136. The maximum Gasteiger partial charge on any atom is 0.305 e. The van der Waals surface area contributed by atoms with Crippen LogP contribution in [-0.2, 0) is 11.2 Å². The van der Waals surface area contributed by atoms with Gasteiger partial charge >= 0.3 is 5.97 Å². The van der Waals surface area contributed by atoms with Crippen LogP contribution in [0.25, 0.3) is 0 Å². The molecule has 0 aromatic carbocycles. The van der Waals surface area contributed by atoms with E-state index in [-0.39, 0.29) is 18.8 Å². The molecule has 94 valence electrons. The number of aryl methyl sites for hydroxylation is 1. The molecule has 0 saturated heterocycles. The highest BCUT2D eigenvalue weighted by Crippen LogP contribution is 2.18. The molecule has 0 aliphatic heterocycles. The monoisotopic (exact) mass is 241 g/mol. The largest absolute Gasteiger partial charge is 0.481 e. The van der Waals surface area contributed by atoms with E-state index in [1.165, 1.54) is 6.33 Å². The molecule has 0 aliphatic carbocycles. The zero-order valence-electron chi connectivity index (χ0n) is 9.98. The number of carbonyl (C=O) groups is 1. The fraction of sp³-hybridized carbons (Fsp3) is 0.545. The van der Waals surface area contributed by atoms with Crippen LogP contribution in [0.1, 0.15) is 26.0 Å². The third-order valence-corrected chi connectivity index (χ3v) is 2.46. The van der Waals surface area contributed by atoms with Gasteiger partial charge in [-0.1, -0.05) is 6.92 Å². The molecule has 6 heteroatoms. The first-order valence-corrected chi connectivity index (χ1v) is 5.56. The Morgan fingerprint density at radius 2 is 2.18 bits per heavy atom. The molecule has 0 fully saturated rings. The van der Waals surface area contributed by atoms with Crippen molar-refractivity contribution in [3.05, 3.63) is 17.8 Å². The lowest BCUT2D eigenvalue weighted by Gasteiger charge is -2.21. The van der Waals surface area contributed by atoms with Crippen LogP contribution in [0.4, 0.5) is 10.2 Å². The fourth-order valence-electron chi connectivity index (χ4n) is 1.51. The Labute approximate surface area is 99.3 Å². The van der Waals surface area contributed by atoms with Gasteiger partial charge in [0.2, 0.25) is 0 Å². The first-order valence-electron chi connectivity index (χ1n) is 5.56. The molecule has 1 aromatic rings. The van der Waals surface area contributed by atoms with Gasteiger partial charge in [-0.25, -0.2) is 14.4 Å². The van der Waals surface area contributed by atoms with Crippen molar-refractivity contribution in [1.82, 2.24) is 9.97 Å². The number of rotatable bonds is 6. The number of aliphatic carboxylic acids is 1. The molecule has 0 spiro atoms. The van der Waals surface area contributed by atoms with Gasteiger partial charge in [0, 0.05) is 13.1 Å². The van der Waals surface area contributed by atoms with Gasteiger partial charge < -0.3 is 10.0 Å². The van der Waals surface area contributed by atoms with E-state index >= 15 is 0 Å². The van der Waals surface area contributed by atoms with Crippen LogP contribution in [0.3, 0.4) is 0 Å². The number of carboxylic acids is 1. The van der Waals surface area contributed by atoms with E-state index < -0.39 is 11.8 Å². The van der Waals surface area contributed by atoms with Gasteiger partial charge in [0.25, 0.3) is 0 Å². The number of hydrogen-bond acceptors (Lipinski definition) is 4. The molecular weight excluding hydrogens is 225 g/mol. The topological polar surface area (TPSA) is 66.3 Å². The third-order valence-electron chi connectivity index (χ3n) is 2.46. The van der Waals surface area contributed by atoms with Crippen molar-refractivity contribution in [2.75, 3.05) is 18.0 Å². The summed E-state index contributed by atoms with van der Waals surface area (Å²) in [6.45, 7) is 4.38. The summed E-state index contributed by atoms with van der Waals surface area (Å²) in [5.41, 5.74) is 0.351. The summed E-state index contributed by atoms with van der Waals surface area (Å²) in [6.07, 6.45) is 1.75. The second-order valence-electron chi connectivity index (χ2n) is 3.53. The smallest absolute Gasteiger partial charge is 0.305 e. The first kappa shape index (κ1) is 13.3. The third kappa shape index (κ3) is 3.37. The second-order valence-corrected chi connectivity index (χ2v) is 3.53. The van der Waals surface area contributed by atoms with Gasteiger partial charge in [0.05, 0.1) is 12.1 Å². The average Bonchev–Trinajstić information content (AvgIpc) is 2.31. The van der Waals surface area contributed by atoms with Crippen LogP contribution in [-0.4, -0.2) is 34.1 Å². The van der Waals surface area contributed by atoms with Crippen LogP contribution in [0.2, 0.25) is 0 Å². The van der Waals surface area contributed by atoms with Crippen LogP contribution >= 0.6 is 0 Å². The zero-order chi connectivity index (χ0) is 12.8. The molecule has 1 N–H and O–H groups in total. The highest BCUT2D eigenvalue weighted by molar-refractivity contribution is 5.67. The molecule has 5 nitrogen and oxygen atoms in total. The SMILES string of the molecule is CCc1ncnc(N(CC)CCC(=O)O)c1F. The number of hydrogen-bond donors (Lipinski definition) is 1. The van der Waals surface area contributed by atoms with E-state index in [1.54, 1.807) is 4.90 Å². The Hall–Kier alpha value is -1.72. The van der Waals surface area contributed by atoms with E-state index in [4.69, 9.17) is 5.11 Å². The molecule has 0 bridgehead atoms. The molecule has 1 heterocycles. The van der Waals surface area contributed by atoms with Gasteiger partial charge in [-0.3, -0.25) is 4.79 Å². The minimum absolute atomic E-state index is 0.0429. The highest BCUT2D eigenvalue weighted by Gasteiger charge is 2.16. The van der Waals surface area contributed by atoms with E-state index in [2.05, 4.69) is 9.97 Å². The molecule has 0 aliphatic rings. The summed E-state index contributed by atoms with van der Waals surface area (Å²) in [5.74, 6) is -1.18. The first-order chi connectivity index (χ1) is 8.10. The Morgan fingerprint density at radius 3 is 2.71 bits per heavy atom. The Bertz CT molecular complexity index is 398. The van der Waals surface area contributed by atoms with E-state index in [9.17, 15) is 9.18 Å².